The van der Waals surface area contributed by atoms with Crippen molar-refractivity contribution >= 4 is 11.6 Å². The quantitative estimate of drug-likeness (QED) is 0.608. The maximum Gasteiger partial charge on any atom is 0.0392 e. The maximum absolute atomic E-state index is 6.01. The van der Waals surface area contributed by atoms with Crippen molar-refractivity contribution in [3.63, 3.8) is 0 Å². The number of likely N-dealkylation sites (tertiary alicyclic amines) is 1. The summed E-state index contributed by atoms with van der Waals surface area (Å²) in [6, 6.07) is 0. The van der Waals surface area contributed by atoms with Crippen molar-refractivity contribution in [3.05, 3.63) is 23.3 Å². The predicted molar refractivity (Wildman–Crippen MR) is 54.4 cm³/mol. The zero-order valence-corrected chi connectivity index (χ0v) is 8.40. The Balaban J connectivity index is 2.62. The molecule has 0 aromatic heterocycles. The first-order valence-corrected chi connectivity index (χ1v) is 4.80. The molecule has 1 aliphatic heterocycles. The largest absolute Gasteiger partial charge is 0.306 e. The van der Waals surface area contributed by atoms with Crippen molar-refractivity contribution in [3.8, 4) is 0 Å². The van der Waals surface area contributed by atoms with Gasteiger partial charge in [0.1, 0.15) is 0 Å². The van der Waals surface area contributed by atoms with Crippen LogP contribution >= 0.6 is 11.6 Å². The fourth-order valence-corrected chi connectivity index (χ4v) is 1.70. The number of rotatable bonds is 1. The summed E-state index contributed by atoms with van der Waals surface area (Å²) in [7, 11) is 2.16. The van der Waals surface area contributed by atoms with Gasteiger partial charge in [0.25, 0.3) is 0 Å². The zero-order chi connectivity index (χ0) is 8.97. The minimum Gasteiger partial charge on any atom is -0.306 e. The highest BCUT2D eigenvalue weighted by atomic mass is 35.5. The Morgan fingerprint density at radius 3 is 2.92 bits per heavy atom. The molecule has 0 radical (unpaired) electrons. The Kier molecular flexibility index (Phi) is 3.83. The molecule has 0 atom stereocenters. The van der Waals surface area contributed by atoms with E-state index >= 15 is 0 Å². The van der Waals surface area contributed by atoms with E-state index in [9.17, 15) is 0 Å². The first-order chi connectivity index (χ1) is 5.74. The molecule has 0 aliphatic carbocycles. The van der Waals surface area contributed by atoms with Crippen LogP contribution in [0.2, 0.25) is 0 Å². The van der Waals surface area contributed by atoms with Crippen LogP contribution in [0.25, 0.3) is 0 Å². The van der Waals surface area contributed by atoms with Gasteiger partial charge in [-0.25, -0.2) is 0 Å². The van der Waals surface area contributed by atoms with Gasteiger partial charge in [-0.1, -0.05) is 29.8 Å². The molecule has 0 saturated carbocycles. The molecule has 0 spiro atoms. The average molecular weight is 186 g/mol. The Bertz CT molecular complexity index is 196. The molecule has 0 bridgehead atoms. The normalized spacial score (nSPS) is 24.8. The van der Waals surface area contributed by atoms with E-state index in [2.05, 4.69) is 18.5 Å². The number of hydrogen-bond acceptors (Lipinski definition) is 1. The summed E-state index contributed by atoms with van der Waals surface area (Å²) in [6.07, 6.45) is 5.20. The standard InChI is InChI=1S/C10H16ClN/c1-3-10(11)9-5-4-7-12(2)8-6-9/h3H,1,4-8H2,2H3/b10-9-. The Labute approximate surface area is 79.7 Å². The van der Waals surface area contributed by atoms with E-state index in [0.717, 1.165) is 24.4 Å². The molecule has 1 aliphatic rings. The van der Waals surface area contributed by atoms with Crippen LogP contribution in [-0.4, -0.2) is 25.0 Å². The average Bonchev–Trinajstić information content (AvgIpc) is 2.29. The second kappa shape index (κ2) is 4.68. The third-order valence-corrected chi connectivity index (χ3v) is 2.75. The number of hydrogen-bond donors (Lipinski definition) is 0. The fourth-order valence-electron chi connectivity index (χ4n) is 1.51. The smallest absolute Gasteiger partial charge is 0.0392 e. The van der Waals surface area contributed by atoms with Gasteiger partial charge in [-0.2, -0.15) is 0 Å². The molecule has 0 aromatic carbocycles. The molecule has 2 heteroatoms. The summed E-state index contributed by atoms with van der Waals surface area (Å²) in [4.78, 5) is 2.35. The monoisotopic (exact) mass is 185 g/mol. The van der Waals surface area contributed by atoms with Crippen molar-refractivity contribution in [1.82, 2.24) is 4.90 Å². The third-order valence-electron chi connectivity index (χ3n) is 2.33. The molecule has 1 rings (SSSR count). The second-order valence-corrected chi connectivity index (χ2v) is 3.72. The molecule has 0 unspecified atom stereocenters. The number of halogens is 1. The zero-order valence-electron chi connectivity index (χ0n) is 7.65. The minimum absolute atomic E-state index is 0.866. The van der Waals surface area contributed by atoms with Crippen LogP contribution in [0.5, 0.6) is 0 Å². The van der Waals surface area contributed by atoms with E-state index < -0.39 is 0 Å². The van der Waals surface area contributed by atoms with E-state index in [-0.39, 0.29) is 0 Å². The minimum atomic E-state index is 0.866. The highest BCUT2D eigenvalue weighted by Gasteiger charge is 2.09. The van der Waals surface area contributed by atoms with E-state index in [0.29, 0.717) is 0 Å². The van der Waals surface area contributed by atoms with Gasteiger partial charge < -0.3 is 4.90 Å². The van der Waals surface area contributed by atoms with E-state index in [1.54, 1.807) is 6.08 Å². The molecule has 1 fully saturated rings. The molecule has 12 heavy (non-hydrogen) atoms. The van der Waals surface area contributed by atoms with Crippen LogP contribution in [0.4, 0.5) is 0 Å². The summed E-state index contributed by atoms with van der Waals surface area (Å²) < 4.78 is 0. The van der Waals surface area contributed by atoms with E-state index in [1.165, 1.54) is 18.5 Å². The van der Waals surface area contributed by atoms with E-state index in [4.69, 9.17) is 11.6 Å². The highest BCUT2D eigenvalue weighted by Crippen LogP contribution is 2.22. The van der Waals surface area contributed by atoms with Crippen LogP contribution in [0.3, 0.4) is 0 Å². The summed E-state index contributed by atoms with van der Waals surface area (Å²) >= 11 is 6.01. The van der Waals surface area contributed by atoms with Gasteiger partial charge >= 0.3 is 0 Å². The lowest BCUT2D eigenvalue weighted by molar-refractivity contribution is 0.351. The van der Waals surface area contributed by atoms with Crippen LogP contribution < -0.4 is 0 Å². The summed E-state index contributed by atoms with van der Waals surface area (Å²) in [5.74, 6) is 0. The first kappa shape index (κ1) is 9.82. The highest BCUT2D eigenvalue weighted by molar-refractivity contribution is 6.31. The fraction of sp³-hybridized carbons (Fsp3) is 0.600. The van der Waals surface area contributed by atoms with Crippen LogP contribution in [0.1, 0.15) is 19.3 Å². The molecule has 1 saturated heterocycles. The molecular weight excluding hydrogens is 170 g/mol. The molecule has 0 aromatic rings. The van der Waals surface area contributed by atoms with Gasteiger partial charge in [-0.3, -0.25) is 0 Å². The van der Waals surface area contributed by atoms with Crippen LogP contribution in [0, 0.1) is 0 Å². The van der Waals surface area contributed by atoms with Gasteiger partial charge in [0.15, 0.2) is 0 Å². The third kappa shape index (κ3) is 2.65. The molecule has 0 N–H and O–H groups in total. The van der Waals surface area contributed by atoms with Gasteiger partial charge in [-0.15, -0.1) is 0 Å². The van der Waals surface area contributed by atoms with Crippen LogP contribution in [0.15, 0.2) is 23.3 Å². The Morgan fingerprint density at radius 1 is 1.50 bits per heavy atom. The summed E-state index contributed by atoms with van der Waals surface area (Å²) in [6.45, 7) is 5.99. The lowest BCUT2D eigenvalue weighted by Crippen LogP contribution is -2.18. The van der Waals surface area contributed by atoms with Gasteiger partial charge in [-0.05, 0) is 32.9 Å². The van der Waals surface area contributed by atoms with Crippen molar-refractivity contribution in [1.29, 1.82) is 0 Å². The Morgan fingerprint density at radius 2 is 2.25 bits per heavy atom. The van der Waals surface area contributed by atoms with Crippen molar-refractivity contribution < 1.29 is 0 Å². The molecule has 1 nitrogen and oxygen atoms in total. The molecule has 68 valence electrons. The maximum atomic E-state index is 6.01. The van der Waals surface area contributed by atoms with Gasteiger partial charge in [0.2, 0.25) is 0 Å². The molecule has 0 amide bonds. The van der Waals surface area contributed by atoms with Crippen molar-refractivity contribution in [2.24, 2.45) is 0 Å². The first-order valence-electron chi connectivity index (χ1n) is 4.42. The number of nitrogens with zero attached hydrogens (tertiary/aromatic N) is 1. The van der Waals surface area contributed by atoms with Crippen molar-refractivity contribution in [2.75, 3.05) is 20.1 Å². The SMILES string of the molecule is C=C/C(Cl)=C1\CCCN(C)CC1. The summed E-state index contributed by atoms with van der Waals surface area (Å²) in [5, 5.41) is 0.866. The second-order valence-electron chi connectivity index (χ2n) is 3.31. The molecular formula is C10H16ClN. The number of allylic oxidation sites excluding steroid dienone is 2. The topological polar surface area (TPSA) is 3.24 Å². The Hall–Kier alpha value is -0.270. The summed E-state index contributed by atoms with van der Waals surface area (Å²) in [5.41, 5.74) is 1.37. The predicted octanol–water partition coefficient (Wildman–Crippen LogP) is 2.78. The lowest BCUT2D eigenvalue weighted by atomic mass is 10.1. The molecule has 1 heterocycles. The van der Waals surface area contributed by atoms with Gasteiger partial charge in [0, 0.05) is 11.6 Å². The van der Waals surface area contributed by atoms with Gasteiger partial charge in [0.05, 0.1) is 0 Å². The van der Waals surface area contributed by atoms with E-state index in [1.807, 2.05) is 0 Å². The lowest BCUT2D eigenvalue weighted by Gasteiger charge is -2.10. The van der Waals surface area contributed by atoms with Crippen LogP contribution in [-0.2, 0) is 0 Å². The van der Waals surface area contributed by atoms with Crippen molar-refractivity contribution in [2.45, 2.75) is 19.3 Å².